The number of nitrogens with one attached hydrogen (secondary N) is 1. The minimum atomic E-state index is -3.17. The second kappa shape index (κ2) is 9.04. The first-order valence-electron chi connectivity index (χ1n) is 11.8. The van der Waals surface area contributed by atoms with Gasteiger partial charge in [0, 0.05) is 30.3 Å². The van der Waals surface area contributed by atoms with Gasteiger partial charge in [-0.1, -0.05) is 37.3 Å². The molecule has 2 saturated heterocycles. The van der Waals surface area contributed by atoms with Crippen LogP contribution in [0.5, 0.6) is 5.75 Å². The Morgan fingerprint density at radius 2 is 1.88 bits per heavy atom. The summed E-state index contributed by atoms with van der Waals surface area (Å²) in [5, 5.41) is 0. The van der Waals surface area contributed by atoms with Crippen LogP contribution in [-0.2, 0) is 16.4 Å². The van der Waals surface area contributed by atoms with Crippen molar-refractivity contribution in [2.45, 2.75) is 44.2 Å². The highest BCUT2D eigenvalue weighted by atomic mass is 32.2. The van der Waals surface area contributed by atoms with Crippen LogP contribution < -0.4 is 14.4 Å². The number of rotatable bonds is 8. The van der Waals surface area contributed by atoms with Gasteiger partial charge in [-0.25, -0.2) is 13.1 Å². The highest BCUT2D eigenvalue weighted by Gasteiger charge is 2.38. The summed E-state index contributed by atoms with van der Waals surface area (Å²) in [5.41, 5.74) is 3.79. The lowest BCUT2D eigenvalue weighted by Gasteiger charge is -2.46. The predicted octanol–water partition coefficient (Wildman–Crippen LogP) is 3.00. The molecule has 1 N–H and O–H groups in total. The van der Waals surface area contributed by atoms with Crippen LogP contribution in [0.15, 0.2) is 48.5 Å². The van der Waals surface area contributed by atoms with Crippen LogP contribution >= 0.6 is 0 Å². The number of ether oxygens (including phenoxy) is 1. The molecule has 2 atom stereocenters. The van der Waals surface area contributed by atoms with Crippen LogP contribution in [0, 0.1) is 0 Å². The largest absolute Gasteiger partial charge is 0.492 e. The van der Waals surface area contributed by atoms with Crippen LogP contribution in [0.4, 0.5) is 5.69 Å². The summed E-state index contributed by atoms with van der Waals surface area (Å²) in [4.78, 5) is 4.82. The van der Waals surface area contributed by atoms with E-state index in [2.05, 4.69) is 63.1 Å². The molecule has 0 spiro atoms. The molecule has 3 aliphatic rings. The molecular weight excluding hydrogens is 422 g/mol. The zero-order valence-corrected chi connectivity index (χ0v) is 19.6. The van der Waals surface area contributed by atoms with Crippen LogP contribution in [0.25, 0.3) is 0 Å². The van der Waals surface area contributed by atoms with E-state index in [9.17, 15) is 8.42 Å². The Kier molecular flexibility index (Phi) is 6.14. The molecule has 3 aliphatic heterocycles. The SMILES string of the molecule is CCCS(=O)(=O)NC1CN(c2ccc3c(c2)[C@@H](Cc2ccccc2)[C@@H](N2CCC2)CO3)C1. The number of anilines is 1. The van der Waals surface area contributed by atoms with Gasteiger partial charge in [0.2, 0.25) is 10.0 Å². The Morgan fingerprint density at radius 1 is 1.09 bits per heavy atom. The van der Waals surface area contributed by atoms with Crippen LogP contribution in [-0.4, -0.2) is 63.9 Å². The molecule has 6 nitrogen and oxygen atoms in total. The van der Waals surface area contributed by atoms with Gasteiger partial charge in [0.05, 0.1) is 17.8 Å². The molecule has 0 saturated carbocycles. The zero-order chi connectivity index (χ0) is 22.1. The third kappa shape index (κ3) is 4.51. The van der Waals surface area contributed by atoms with Gasteiger partial charge in [-0.2, -0.15) is 0 Å². The Morgan fingerprint density at radius 3 is 2.56 bits per heavy atom. The van der Waals surface area contributed by atoms with Crippen LogP contribution in [0.2, 0.25) is 0 Å². The maximum atomic E-state index is 12.1. The van der Waals surface area contributed by atoms with E-state index >= 15 is 0 Å². The topological polar surface area (TPSA) is 61.9 Å². The molecule has 5 rings (SSSR count). The van der Waals surface area contributed by atoms with E-state index < -0.39 is 10.0 Å². The summed E-state index contributed by atoms with van der Waals surface area (Å²) in [6, 6.07) is 17.6. The van der Waals surface area contributed by atoms with E-state index in [4.69, 9.17) is 4.74 Å². The van der Waals surface area contributed by atoms with Gasteiger partial charge in [0.25, 0.3) is 0 Å². The number of hydrogen-bond acceptors (Lipinski definition) is 5. The van der Waals surface area contributed by atoms with Crippen molar-refractivity contribution in [2.24, 2.45) is 0 Å². The van der Waals surface area contributed by atoms with Crippen molar-refractivity contribution < 1.29 is 13.2 Å². The Bertz CT molecular complexity index is 1030. The number of likely N-dealkylation sites (tertiary alicyclic amines) is 1. The third-order valence-corrected chi connectivity index (χ3v) is 8.63. The van der Waals surface area contributed by atoms with Gasteiger partial charge in [-0.3, -0.25) is 4.90 Å². The van der Waals surface area contributed by atoms with Crippen molar-refractivity contribution in [3.8, 4) is 5.75 Å². The van der Waals surface area contributed by atoms with Gasteiger partial charge in [0.1, 0.15) is 12.4 Å². The minimum absolute atomic E-state index is 0.00668. The first-order chi connectivity index (χ1) is 15.5. The lowest BCUT2D eigenvalue weighted by atomic mass is 9.82. The molecule has 7 heteroatoms. The number of nitrogens with zero attached hydrogens (tertiary/aromatic N) is 2. The molecular formula is C25H33N3O3S. The lowest BCUT2D eigenvalue weighted by Crippen LogP contribution is -2.59. The summed E-state index contributed by atoms with van der Waals surface area (Å²) < 4.78 is 33.2. The summed E-state index contributed by atoms with van der Waals surface area (Å²) in [5.74, 6) is 1.58. The molecule has 2 aromatic carbocycles. The smallest absolute Gasteiger partial charge is 0.211 e. The monoisotopic (exact) mass is 455 g/mol. The fourth-order valence-electron chi connectivity index (χ4n) is 5.14. The normalized spacial score (nSPS) is 23.7. The Hall–Kier alpha value is -2.09. The van der Waals surface area contributed by atoms with Gasteiger partial charge >= 0.3 is 0 Å². The van der Waals surface area contributed by atoms with Crippen molar-refractivity contribution in [2.75, 3.05) is 43.4 Å². The van der Waals surface area contributed by atoms with Crippen molar-refractivity contribution >= 4 is 15.7 Å². The Balaban J connectivity index is 1.35. The van der Waals surface area contributed by atoms with Crippen LogP contribution in [0.1, 0.15) is 36.8 Å². The van der Waals surface area contributed by atoms with E-state index in [-0.39, 0.29) is 11.8 Å². The molecule has 0 aliphatic carbocycles. The molecule has 0 amide bonds. The van der Waals surface area contributed by atoms with Crippen molar-refractivity contribution in [1.29, 1.82) is 0 Å². The molecule has 2 fully saturated rings. The second-order valence-corrected chi connectivity index (χ2v) is 11.2. The van der Waals surface area contributed by atoms with Crippen LogP contribution in [0.3, 0.4) is 0 Å². The molecule has 0 aromatic heterocycles. The van der Waals surface area contributed by atoms with Gasteiger partial charge in [-0.05, 0) is 56.1 Å². The molecule has 172 valence electrons. The van der Waals surface area contributed by atoms with E-state index in [1.54, 1.807) is 0 Å². The van der Waals surface area contributed by atoms with E-state index in [0.717, 1.165) is 37.6 Å². The molecule has 0 radical (unpaired) electrons. The fourth-order valence-corrected chi connectivity index (χ4v) is 6.46. The van der Waals surface area contributed by atoms with Gasteiger partial charge in [-0.15, -0.1) is 0 Å². The van der Waals surface area contributed by atoms with Crippen molar-refractivity contribution in [1.82, 2.24) is 9.62 Å². The predicted molar refractivity (Wildman–Crippen MR) is 128 cm³/mol. The standard InChI is InChI=1S/C25H33N3O3S/c1-2-13-32(29,30)26-20-16-28(17-20)21-9-10-25-23(15-21)22(14-19-7-4-3-5-8-19)24(18-31-25)27-11-6-12-27/h3-5,7-10,15,20,22,24,26H,2,6,11-14,16-18H2,1H3/t22-,24+/m1/s1. The highest BCUT2D eigenvalue weighted by Crippen LogP contribution is 2.41. The molecule has 2 aromatic rings. The number of sulfonamides is 1. The lowest BCUT2D eigenvalue weighted by molar-refractivity contribution is 0.0502. The molecule has 32 heavy (non-hydrogen) atoms. The summed E-state index contributed by atoms with van der Waals surface area (Å²) >= 11 is 0. The molecule has 0 unspecified atom stereocenters. The zero-order valence-electron chi connectivity index (χ0n) is 18.7. The average molecular weight is 456 g/mol. The number of fused-ring (bicyclic) bond motifs is 1. The quantitative estimate of drug-likeness (QED) is 0.663. The fraction of sp³-hybridized carbons (Fsp3) is 0.520. The van der Waals surface area contributed by atoms with E-state index in [1.807, 2.05) is 6.92 Å². The molecule has 0 bridgehead atoms. The van der Waals surface area contributed by atoms with E-state index in [0.29, 0.717) is 31.5 Å². The second-order valence-electron chi connectivity index (χ2n) is 9.32. The molecule has 3 heterocycles. The first kappa shape index (κ1) is 21.7. The highest BCUT2D eigenvalue weighted by molar-refractivity contribution is 7.89. The maximum absolute atomic E-state index is 12.1. The third-order valence-electron chi connectivity index (χ3n) is 6.99. The number of hydrogen-bond donors (Lipinski definition) is 1. The minimum Gasteiger partial charge on any atom is -0.492 e. The van der Waals surface area contributed by atoms with E-state index in [1.165, 1.54) is 17.5 Å². The summed E-state index contributed by atoms with van der Waals surface area (Å²) in [6.07, 6.45) is 2.91. The average Bonchev–Trinajstić information content (AvgIpc) is 2.71. The van der Waals surface area contributed by atoms with Crippen molar-refractivity contribution in [3.05, 3.63) is 59.7 Å². The van der Waals surface area contributed by atoms with Gasteiger partial charge in [0.15, 0.2) is 0 Å². The summed E-state index contributed by atoms with van der Waals surface area (Å²) in [7, 11) is -3.17. The first-order valence-corrected chi connectivity index (χ1v) is 13.5. The number of benzene rings is 2. The summed E-state index contributed by atoms with van der Waals surface area (Å²) in [6.45, 7) is 6.36. The van der Waals surface area contributed by atoms with Crippen molar-refractivity contribution in [3.63, 3.8) is 0 Å². The maximum Gasteiger partial charge on any atom is 0.211 e. The Labute approximate surface area is 191 Å². The van der Waals surface area contributed by atoms with Gasteiger partial charge < -0.3 is 9.64 Å².